The maximum Gasteiger partial charge on any atom is 0.142 e. The van der Waals surface area contributed by atoms with E-state index in [1.54, 1.807) is 0 Å². The molecule has 0 bridgehead atoms. The van der Waals surface area contributed by atoms with Crippen molar-refractivity contribution in [3.8, 4) is 11.3 Å². The standard InChI is InChI=1S/C23H29N3O/c1-7-17-11-21-22(15(5)12-26(21)16(6)13-27)25-23(17)18-9-10-20(14(3)4)24-19(18)8-2/h9-14,16H,7-8H2,1-6H3/t16-/m0/s1. The van der Waals surface area contributed by atoms with Gasteiger partial charge in [-0.2, -0.15) is 0 Å². The number of aryl methyl sites for hydroxylation is 3. The van der Waals surface area contributed by atoms with Gasteiger partial charge in [-0.15, -0.1) is 0 Å². The molecule has 4 nitrogen and oxygen atoms in total. The Morgan fingerprint density at radius 1 is 1.11 bits per heavy atom. The van der Waals surface area contributed by atoms with Gasteiger partial charge in [0, 0.05) is 23.1 Å². The van der Waals surface area contributed by atoms with Crippen LogP contribution >= 0.6 is 0 Å². The zero-order valence-electron chi connectivity index (χ0n) is 17.2. The summed E-state index contributed by atoms with van der Waals surface area (Å²) >= 11 is 0. The van der Waals surface area contributed by atoms with E-state index in [1.165, 1.54) is 5.56 Å². The van der Waals surface area contributed by atoms with Gasteiger partial charge in [0.2, 0.25) is 0 Å². The molecule has 0 fully saturated rings. The molecule has 0 unspecified atom stereocenters. The molecular weight excluding hydrogens is 334 g/mol. The Labute approximate surface area is 161 Å². The van der Waals surface area contributed by atoms with Crippen LogP contribution in [0.1, 0.15) is 69.1 Å². The number of carbonyl (C=O) groups is 1. The molecule has 0 saturated heterocycles. The van der Waals surface area contributed by atoms with Crippen LogP contribution in [0, 0.1) is 6.92 Å². The fourth-order valence-electron chi connectivity index (χ4n) is 3.60. The summed E-state index contributed by atoms with van der Waals surface area (Å²) in [7, 11) is 0. The zero-order chi connectivity index (χ0) is 19.7. The predicted molar refractivity (Wildman–Crippen MR) is 111 cm³/mol. The monoisotopic (exact) mass is 363 g/mol. The largest absolute Gasteiger partial charge is 0.336 e. The van der Waals surface area contributed by atoms with Crippen LogP contribution in [0.5, 0.6) is 0 Å². The summed E-state index contributed by atoms with van der Waals surface area (Å²) in [6.45, 7) is 12.6. The summed E-state index contributed by atoms with van der Waals surface area (Å²) in [6, 6.07) is 6.29. The Kier molecular flexibility index (Phi) is 5.45. The van der Waals surface area contributed by atoms with Gasteiger partial charge in [0.05, 0.1) is 22.8 Å². The Hall–Kier alpha value is -2.49. The van der Waals surface area contributed by atoms with E-state index in [2.05, 4.69) is 52.8 Å². The van der Waals surface area contributed by atoms with Gasteiger partial charge in [-0.3, -0.25) is 4.98 Å². The van der Waals surface area contributed by atoms with E-state index in [9.17, 15) is 4.79 Å². The van der Waals surface area contributed by atoms with Crippen molar-refractivity contribution in [1.29, 1.82) is 0 Å². The van der Waals surface area contributed by atoms with Crippen LogP contribution in [0.3, 0.4) is 0 Å². The molecule has 4 heteroatoms. The SMILES string of the molecule is CCc1cc2c(nc1-c1ccc(C(C)C)nc1CC)c(C)cn2[C@@H](C)C=O. The van der Waals surface area contributed by atoms with Gasteiger partial charge in [0.1, 0.15) is 6.29 Å². The first kappa shape index (κ1) is 19.3. The number of nitrogens with zero attached hydrogens (tertiary/aromatic N) is 3. The molecule has 0 N–H and O–H groups in total. The molecule has 3 heterocycles. The number of carbonyl (C=O) groups excluding carboxylic acids is 1. The van der Waals surface area contributed by atoms with Crippen molar-refractivity contribution in [2.75, 3.05) is 0 Å². The number of rotatable bonds is 6. The molecule has 0 aliphatic heterocycles. The molecule has 27 heavy (non-hydrogen) atoms. The lowest BCUT2D eigenvalue weighted by Gasteiger charge is -2.15. The van der Waals surface area contributed by atoms with E-state index < -0.39 is 0 Å². The van der Waals surface area contributed by atoms with Crippen LogP contribution in [0.2, 0.25) is 0 Å². The Morgan fingerprint density at radius 3 is 2.44 bits per heavy atom. The van der Waals surface area contributed by atoms with Crippen LogP contribution in [0.4, 0.5) is 0 Å². The van der Waals surface area contributed by atoms with Gasteiger partial charge < -0.3 is 9.36 Å². The second-order valence-electron chi connectivity index (χ2n) is 7.55. The highest BCUT2D eigenvalue weighted by Gasteiger charge is 2.18. The fourth-order valence-corrected chi connectivity index (χ4v) is 3.60. The topological polar surface area (TPSA) is 47.8 Å². The lowest BCUT2D eigenvalue weighted by Crippen LogP contribution is -2.06. The molecule has 0 aliphatic carbocycles. The molecular formula is C23H29N3O. The molecule has 142 valence electrons. The summed E-state index contributed by atoms with van der Waals surface area (Å²) in [4.78, 5) is 21.3. The fraction of sp³-hybridized carbons (Fsp3) is 0.435. The van der Waals surface area contributed by atoms with E-state index >= 15 is 0 Å². The van der Waals surface area contributed by atoms with Crippen molar-refractivity contribution in [2.24, 2.45) is 0 Å². The molecule has 0 aromatic carbocycles. The summed E-state index contributed by atoms with van der Waals surface area (Å²) in [5, 5.41) is 0. The van der Waals surface area contributed by atoms with Gasteiger partial charge in [-0.05, 0) is 61.9 Å². The molecule has 3 rings (SSSR count). The number of hydrogen-bond donors (Lipinski definition) is 0. The average Bonchev–Trinajstić information content (AvgIpc) is 3.01. The minimum Gasteiger partial charge on any atom is -0.336 e. The lowest BCUT2D eigenvalue weighted by atomic mass is 9.98. The van der Waals surface area contributed by atoms with Crippen LogP contribution in [-0.4, -0.2) is 20.8 Å². The van der Waals surface area contributed by atoms with Crippen molar-refractivity contribution >= 4 is 17.3 Å². The summed E-state index contributed by atoms with van der Waals surface area (Å²) in [6.07, 6.45) is 4.76. The molecule has 3 aromatic heterocycles. The third-order valence-corrected chi connectivity index (χ3v) is 5.26. The zero-order valence-corrected chi connectivity index (χ0v) is 17.2. The third kappa shape index (κ3) is 3.41. The Morgan fingerprint density at radius 2 is 1.85 bits per heavy atom. The van der Waals surface area contributed by atoms with Crippen molar-refractivity contribution in [2.45, 2.75) is 66.3 Å². The average molecular weight is 364 g/mol. The Balaban J connectivity index is 2.26. The van der Waals surface area contributed by atoms with Gasteiger partial charge in [0.25, 0.3) is 0 Å². The second kappa shape index (κ2) is 7.63. The van der Waals surface area contributed by atoms with E-state index in [1.807, 2.05) is 17.7 Å². The second-order valence-corrected chi connectivity index (χ2v) is 7.55. The van der Waals surface area contributed by atoms with E-state index in [0.29, 0.717) is 5.92 Å². The van der Waals surface area contributed by atoms with Crippen LogP contribution in [-0.2, 0) is 17.6 Å². The maximum absolute atomic E-state index is 11.3. The molecule has 0 saturated carbocycles. The number of hydrogen-bond acceptors (Lipinski definition) is 3. The first-order valence-electron chi connectivity index (χ1n) is 9.87. The quantitative estimate of drug-likeness (QED) is 0.550. The minimum atomic E-state index is -0.197. The lowest BCUT2D eigenvalue weighted by molar-refractivity contribution is -0.110. The third-order valence-electron chi connectivity index (χ3n) is 5.26. The van der Waals surface area contributed by atoms with Crippen molar-refractivity contribution in [3.63, 3.8) is 0 Å². The highest BCUT2D eigenvalue weighted by molar-refractivity contribution is 5.85. The van der Waals surface area contributed by atoms with E-state index in [-0.39, 0.29) is 6.04 Å². The molecule has 0 radical (unpaired) electrons. The van der Waals surface area contributed by atoms with Gasteiger partial charge >= 0.3 is 0 Å². The number of aldehydes is 1. The summed E-state index contributed by atoms with van der Waals surface area (Å²) in [5.41, 5.74) is 8.63. The molecule has 0 spiro atoms. The van der Waals surface area contributed by atoms with Gasteiger partial charge in [0.15, 0.2) is 0 Å². The Bertz CT molecular complexity index is 985. The minimum absolute atomic E-state index is 0.197. The van der Waals surface area contributed by atoms with Gasteiger partial charge in [-0.25, -0.2) is 4.98 Å². The summed E-state index contributed by atoms with van der Waals surface area (Å²) in [5.74, 6) is 0.409. The maximum atomic E-state index is 11.3. The highest BCUT2D eigenvalue weighted by Crippen LogP contribution is 2.32. The smallest absolute Gasteiger partial charge is 0.142 e. The van der Waals surface area contributed by atoms with Gasteiger partial charge in [-0.1, -0.05) is 27.7 Å². The van der Waals surface area contributed by atoms with Crippen LogP contribution < -0.4 is 0 Å². The number of fused-ring (bicyclic) bond motifs is 1. The van der Waals surface area contributed by atoms with E-state index in [0.717, 1.165) is 58.4 Å². The first-order chi connectivity index (χ1) is 12.9. The number of aromatic nitrogens is 3. The molecule has 0 amide bonds. The number of pyridine rings is 2. The van der Waals surface area contributed by atoms with Crippen LogP contribution in [0.15, 0.2) is 24.4 Å². The summed E-state index contributed by atoms with van der Waals surface area (Å²) < 4.78 is 2.02. The molecule has 3 aromatic rings. The van der Waals surface area contributed by atoms with Crippen molar-refractivity contribution in [3.05, 3.63) is 46.9 Å². The molecule has 1 atom stereocenters. The van der Waals surface area contributed by atoms with Crippen LogP contribution in [0.25, 0.3) is 22.3 Å². The normalized spacial score (nSPS) is 12.7. The molecule has 0 aliphatic rings. The first-order valence-corrected chi connectivity index (χ1v) is 9.87. The highest BCUT2D eigenvalue weighted by atomic mass is 16.1. The predicted octanol–water partition coefficient (Wildman–Crippen LogP) is 5.41. The van der Waals surface area contributed by atoms with Crippen molar-refractivity contribution < 1.29 is 4.79 Å². The van der Waals surface area contributed by atoms with Crippen molar-refractivity contribution in [1.82, 2.24) is 14.5 Å². The van der Waals surface area contributed by atoms with E-state index in [4.69, 9.17) is 9.97 Å².